The first-order valence-corrected chi connectivity index (χ1v) is 20.3. The first-order valence-electron chi connectivity index (χ1n) is 20.3. The lowest BCUT2D eigenvalue weighted by Gasteiger charge is -2.38. The summed E-state index contributed by atoms with van der Waals surface area (Å²) < 4.78 is 62.0. The number of nitrogens with zero attached hydrogens (tertiary/aromatic N) is 7. The number of alkyl halides is 3. The van der Waals surface area contributed by atoms with E-state index in [0.717, 1.165) is 68.4 Å². The smallest absolute Gasteiger partial charge is 0.417 e. The predicted octanol–water partition coefficient (Wildman–Crippen LogP) is 4.63. The third-order valence-corrected chi connectivity index (χ3v) is 12.1. The van der Waals surface area contributed by atoms with E-state index in [0.29, 0.717) is 49.4 Å². The molecule has 1 unspecified atom stereocenters. The second kappa shape index (κ2) is 17.0. The first kappa shape index (κ1) is 41.4. The highest BCUT2D eigenvalue weighted by atomic mass is 19.4. The summed E-state index contributed by atoms with van der Waals surface area (Å²) in [6.07, 6.45) is 0.179. The highest BCUT2D eigenvalue weighted by Crippen LogP contribution is 2.36. The van der Waals surface area contributed by atoms with Gasteiger partial charge in [0.05, 0.1) is 40.2 Å². The van der Waals surface area contributed by atoms with E-state index in [-0.39, 0.29) is 54.9 Å². The molecule has 4 fully saturated rings. The number of aromatic nitrogens is 1. The lowest BCUT2D eigenvalue weighted by atomic mass is 9.94. The molecule has 5 aliphatic rings. The van der Waals surface area contributed by atoms with Gasteiger partial charge in [0.25, 0.3) is 11.8 Å². The van der Waals surface area contributed by atoms with Gasteiger partial charge < -0.3 is 24.3 Å². The van der Waals surface area contributed by atoms with Crippen LogP contribution in [0.3, 0.4) is 0 Å². The van der Waals surface area contributed by atoms with Crippen LogP contribution in [-0.2, 0) is 15.8 Å². The van der Waals surface area contributed by atoms with Crippen LogP contribution in [0.5, 0.6) is 5.75 Å². The zero-order chi connectivity index (χ0) is 43.0. The van der Waals surface area contributed by atoms with Gasteiger partial charge in [-0.2, -0.15) is 18.4 Å². The maximum atomic E-state index is 15.4. The van der Waals surface area contributed by atoms with Crippen molar-refractivity contribution in [1.82, 2.24) is 25.0 Å². The molecule has 19 heteroatoms. The molecule has 0 radical (unpaired) electrons. The molecule has 8 rings (SSSR count). The number of amides is 6. The lowest BCUT2D eigenvalue weighted by Crippen LogP contribution is -2.54. The molecule has 6 heterocycles. The minimum Gasteiger partial charge on any atom is -0.489 e. The molecule has 4 saturated heterocycles. The molecule has 61 heavy (non-hydrogen) atoms. The highest BCUT2D eigenvalue weighted by molar-refractivity contribution is 6.23. The van der Waals surface area contributed by atoms with Gasteiger partial charge >= 0.3 is 12.2 Å². The number of nitrogens with one attached hydrogen (secondary N) is 2. The topological polar surface area (TPSA) is 172 Å². The van der Waals surface area contributed by atoms with Gasteiger partial charge in [0.1, 0.15) is 29.5 Å². The summed E-state index contributed by atoms with van der Waals surface area (Å²) in [4.78, 5) is 76.1. The molecule has 0 aliphatic carbocycles. The second-order valence-corrected chi connectivity index (χ2v) is 16.0. The van der Waals surface area contributed by atoms with Crippen molar-refractivity contribution >= 4 is 46.9 Å². The van der Waals surface area contributed by atoms with E-state index < -0.39 is 52.8 Å². The zero-order valence-electron chi connectivity index (χ0n) is 33.0. The summed E-state index contributed by atoms with van der Waals surface area (Å²) >= 11 is 0. The van der Waals surface area contributed by atoms with Crippen molar-refractivity contribution in [3.8, 4) is 11.8 Å². The minimum atomic E-state index is -4.65. The molecule has 3 aromatic rings. The molecule has 6 amide bonds. The van der Waals surface area contributed by atoms with Crippen molar-refractivity contribution in [2.75, 3.05) is 74.0 Å². The molecule has 0 spiro atoms. The SMILES string of the molecule is N#Cc1ccc(N2CCN(C(=O)Nc3ccc(OC4CCN(CC5CCN(c6cc7c(cc6F)C(=O)N(C6CCC(=O)NC6=O)C7=O)CC5)CC4)cn3)CC2)cc1C(F)(F)F. The van der Waals surface area contributed by atoms with Crippen LogP contribution in [0.1, 0.15) is 70.4 Å². The molecule has 0 saturated carbocycles. The van der Waals surface area contributed by atoms with Crippen molar-refractivity contribution in [2.24, 2.45) is 5.92 Å². The van der Waals surface area contributed by atoms with Crippen molar-refractivity contribution in [3.05, 3.63) is 76.7 Å². The number of carbonyl (C=O) groups excluding carboxylic acids is 5. The van der Waals surface area contributed by atoms with Crippen LogP contribution in [0.15, 0.2) is 48.7 Å². The maximum Gasteiger partial charge on any atom is 0.417 e. The number of pyridine rings is 1. The fraction of sp³-hybridized carbons (Fsp3) is 0.452. The summed E-state index contributed by atoms with van der Waals surface area (Å²) in [6.45, 7) is 4.93. The Labute approximate surface area is 348 Å². The van der Waals surface area contributed by atoms with Crippen molar-refractivity contribution in [2.45, 2.75) is 56.8 Å². The van der Waals surface area contributed by atoms with E-state index in [1.54, 1.807) is 34.2 Å². The molecule has 320 valence electrons. The Morgan fingerprint density at radius 3 is 2.21 bits per heavy atom. The van der Waals surface area contributed by atoms with Gasteiger partial charge in [0.15, 0.2) is 0 Å². The van der Waals surface area contributed by atoms with E-state index in [9.17, 15) is 37.1 Å². The molecule has 2 N–H and O–H groups in total. The third kappa shape index (κ3) is 8.81. The monoisotopic (exact) mass is 845 g/mol. The molecule has 2 aromatic carbocycles. The number of benzene rings is 2. The molecule has 1 atom stereocenters. The van der Waals surface area contributed by atoms with Crippen molar-refractivity contribution in [3.63, 3.8) is 0 Å². The number of hydrogen-bond acceptors (Lipinski definition) is 11. The van der Waals surface area contributed by atoms with E-state index in [1.165, 1.54) is 12.1 Å². The summed E-state index contributed by atoms with van der Waals surface area (Å²) in [5.74, 6) is -1.89. The van der Waals surface area contributed by atoms with E-state index in [4.69, 9.17) is 10.00 Å². The summed E-state index contributed by atoms with van der Waals surface area (Å²) in [6, 6.07) is 9.61. The number of anilines is 3. The maximum absolute atomic E-state index is 15.4. The van der Waals surface area contributed by atoms with Gasteiger partial charge in [-0.15, -0.1) is 0 Å². The van der Waals surface area contributed by atoms with Gasteiger partial charge in [0, 0.05) is 71.0 Å². The Bertz CT molecular complexity index is 2260. The number of piperidine rings is 3. The highest BCUT2D eigenvalue weighted by Gasteiger charge is 2.45. The number of likely N-dealkylation sites (tertiary alicyclic amines) is 1. The number of nitriles is 1. The van der Waals surface area contributed by atoms with Crippen LogP contribution in [0.25, 0.3) is 0 Å². The Hall–Kier alpha value is -6.29. The van der Waals surface area contributed by atoms with Crippen LogP contribution in [-0.4, -0.2) is 120 Å². The standard InChI is InChI=1S/C42H43F4N9O6/c43-33-20-30-31(40(59)55(39(30)58)34-4-6-37(56)50-38(34)57)21-35(33)53-13-7-25(8-14-53)24-51-11-9-28(10-12-51)61-29-3-5-36(48-23-29)49-41(60)54-17-15-52(16-18-54)27-2-1-26(22-47)32(19-27)42(44,45)46/h1-3,5,19-21,23,25,28,34H,4,6-18,24H2,(H,48,49,60)(H,50,56,57). The number of ether oxygens (including phenoxy) is 1. The molecule has 0 bridgehead atoms. The Morgan fingerprint density at radius 1 is 0.869 bits per heavy atom. The fourth-order valence-corrected chi connectivity index (χ4v) is 8.79. The Morgan fingerprint density at radius 2 is 1.57 bits per heavy atom. The summed E-state index contributed by atoms with van der Waals surface area (Å²) in [5, 5.41) is 14.0. The normalized spacial score (nSPS) is 20.7. The number of hydrogen-bond donors (Lipinski definition) is 2. The van der Waals surface area contributed by atoms with Crippen LogP contribution < -0.4 is 25.2 Å². The lowest BCUT2D eigenvalue weighted by molar-refractivity contribution is -0.138. The summed E-state index contributed by atoms with van der Waals surface area (Å²) in [7, 11) is 0. The van der Waals surface area contributed by atoms with Gasteiger partial charge in [-0.3, -0.25) is 34.7 Å². The zero-order valence-corrected chi connectivity index (χ0v) is 33.0. The predicted molar refractivity (Wildman–Crippen MR) is 211 cm³/mol. The van der Waals surface area contributed by atoms with Gasteiger partial charge in [-0.05, 0) is 80.5 Å². The van der Waals surface area contributed by atoms with Gasteiger partial charge in [0.2, 0.25) is 11.8 Å². The van der Waals surface area contributed by atoms with E-state index in [2.05, 4.69) is 20.5 Å². The number of fused-ring (bicyclic) bond motifs is 1. The van der Waals surface area contributed by atoms with Gasteiger partial charge in [-0.25, -0.2) is 14.2 Å². The second-order valence-electron chi connectivity index (χ2n) is 16.0. The quantitative estimate of drug-likeness (QED) is 0.240. The number of halogens is 4. The van der Waals surface area contributed by atoms with Crippen molar-refractivity contribution in [1.29, 1.82) is 5.26 Å². The van der Waals surface area contributed by atoms with Crippen LogP contribution in [0, 0.1) is 23.1 Å². The number of urea groups is 1. The number of imide groups is 2. The average molecular weight is 846 g/mol. The van der Waals surface area contributed by atoms with E-state index >= 15 is 4.39 Å². The van der Waals surface area contributed by atoms with Crippen LogP contribution in [0.4, 0.5) is 39.5 Å². The molecular weight excluding hydrogens is 803 g/mol. The Balaban J connectivity index is 0.754. The Kier molecular flexibility index (Phi) is 11.5. The van der Waals surface area contributed by atoms with Gasteiger partial charge in [-0.1, -0.05) is 0 Å². The third-order valence-electron chi connectivity index (χ3n) is 12.1. The molecule has 15 nitrogen and oxygen atoms in total. The largest absolute Gasteiger partial charge is 0.489 e. The van der Waals surface area contributed by atoms with Crippen molar-refractivity contribution < 1.29 is 46.3 Å². The fourth-order valence-electron chi connectivity index (χ4n) is 8.79. The number of piperazine rings is 1. The molecule has 1 aromatic heterocycles. The summed E-state index contributed by atoms with van der Waals surface area (Å²) in [5.41, 5.74) is -0.863. The van der Waals surface area contributed by atoms with Crippen LogP contribution >= 0.6 is 0 Å². The minimum absolute atomic E-state index is 0.000891. The molecular formula is C42H43F4N9O6. The number of rotatable bonds is 8. The average Bonchev–Trinajstić information content (AvgIpc) is 3.48. The first-order chi connectivity index (χ1) is 29.2. The van der Waals surface area contributed by atoms with Crippen LogP contribution in [0.2, 0.25) is 0 Å². The molecule has 5 aliphatic heterocycles. The van der Waals surface area contributed by atoms with E-state index in [1.807, 2.05) is 4.90 Å². The number of carbonyl (C=O) groups is 5.